The van der Waals surface area contributed by atoms with Crippen LogP contribution in [0, 0.1) is 0 Å². The van der Waals surface area contributed by atoms with Gasteiger partial charge in [-0.1, -0.05) is 30.3 Å². The summed E-state index contributed by atoms with van der Waals surface area (Å²) in [7, 11) is 3.47. The largest absolute Gasteiger partial charge is 0.398 e. The van der Waals surface area contributed by atoms with E-state index in [1.54, 1.807) is 36.8 Å². The van der Waals surface area contributed by atoms with Gasteiger partial charge in [0.2, 0.25) is 0 Å². The van der Waals surface area contributed by atoms with E-state index in [0.29, 0.717) is 11.3 Å². The molecule has 0 spiro atoms. The molecule has 0 heterocycles. The number of hydrogen-bond donors (Lipinski definition) is 1. The highest BCUT2D eigenvalue weighted by Crippen LogP contribution is 2.29. The fourth-order valence-electron chi connectivity index (χ4n) is 1.81. The Bertz CT molecular complexity index is 597. The molecule has 1 amide bonds. The molecular formula is C16H18N2OS. The maximum Gasteiger partial charge on any atom is 0.253 e. The Morgan fingerprint density at radius 3 is 2.45 bits per heavy atom. The summed E-state index contributed by atoms with van der Waals surface area (Å²) in [5.41, 5.74) is 8.56. The molecule has 0 atom stereocenters. The first kappa shape index (κ1) is 14.5. The topological polar surface area (TPSA) is 46.3 Å². The molecule has 0 aliphatic carbocycles. The highest BCUT2D eigenvalue weighted by Gasteiger charge is 2.10. The molecule has 0 aliphatic rings. The summed E-state index contributed by atoms with van der Waals surface area (Å²) in [6.45, 7) is 0. The van der Waals surface area contributed by atoms with E-state index >= 15 is 0 Å². The van der Waals surface area contributed by atoms with Gasteiger partial charge < -0.3 is 10.6 Å². The third kappa shape index (κ3) is 3.54. The van der Waals surface area contributed by atoms with E-state index < -0.39 is 0 Å². The number of carbonyl (C=O) groups is 1. The predicted octanol–water partition coefficient (Wildman–Crippen LogP) is 3.26. The van der Waals surface area contributed by atoms with Gasteiger partial charge in [0.1, 0.15) is 0 Å². The lowest BCUT2D eigenvalue weighted by Crippen LogP contribution is -2.21. The van der Waals surface area contributed by atoms with Crippen molar-refractivity contribution in [3.05, 3.63) is 59.7 Å². The molecule has 20 heavy (non-hydrogen) atoms. The number of carbonyl (C=O) groups excluding carboxylic acids is 1. The minimum Gasteiger partial charge on any atom is -0.398 e. The van der Waals surface area contributed by atoms with E-state index in [-0.39, 0.29) is 5.91 Å². The summed E-state index contributed by atoms with van der Waals surface area (Å²) in [6.07, 6.45) is 0. The number of hydrogen-bond acceptors (Lipinski definition) is 3. The first-order chi connectivity index (χ1) is 9.58. The predicted molar refractivity (Wildman–Crippen MR) is 84.9 cm³/mol. The van der Waals surface area contributed by atoms with Crippen LogP contribution in [0.5, 0.6) is 0 Å². The Hall–Kier alpha value is -1.94. The number of nitrogen functional groups attached to an aromatic ring is 1. The summed E-state index contributed by atoms with van der Waals surface area (Å²) >= 11 is 1.68. The molecule has 2 aromatic rings. The Morgan fingerprint density at radius 2 is 1.85 bits per heavy atom. The van der Waals surface area contributed by atoms with Crippen molar-refractivity contribution >= 4 is 23.4 Å². The van der Waals surface area contributed by atoms with Gasteiger partial charge in [0, 0.05) is 36.0 Å². The first-order valence-corrected chi connectivity index (χ1v) is 7.34. The number of anilines is 1. The van der Waals surface area contributed by atoms with Crippen molar-refractivity contribution in [2.24, 2.45) is 0 Å². The van der Waals surface area contributed by atoms with Gasteiger partial charge in [0.15, 0.2) is 0 Å². The van der Waals surface area contributed by atoms with Crippen LogP contribution in [0.3, 0.4) is 0 Å². The molecule has 0 aliphatic heterocycles. The van der Waals surface area contributed by atoms with Crippen LogP contribution in [-0.2, 0) is 5.75 Å². The normalized spacial score (nSPS) is 10.3. The second kappa shape index (κ2) is 6.48. The Kier molecular flexibility index (Phi) is 4.69. The SMILES string of the molecule is CN(C)C(=O)c1ccc(SCc2ccccc2)c(N)c1. The average Bonchev–Trinajstić information content (AvgIpc) is 2.46. The minimum atomic E-state index is -0.0312. The van der Waals surface area contributed by atoms with E-state index in [9.17, 15) is 4.79 Å². The lowest BCUT2D eigenvalue weighted by molar-refractivity contribution is 0.0827. The van der Waals surface area contributed by atoms with Crippen molar-refractivity contribution in [3.63, 3.8) is 0 Å². The molecule has 0 saturated heterocycles. The van der Waals surface area contributed by atoms with Gasteiger partial charge in [-0.3, -0.25) is 4.79 Å². The zero-order valence-electron chi connectivity index (χ0n) is 11.7. The molecule has 0 saturated carbocycles. The standard InChI is InChI=1S/C16H18N2OS/c1-18(2)16(19)13-8-9-15(14(17)10-13)20-11-12-6-4-3-5-7-12/h3-10H,11,17H2,1-2H3. The minimum absolute atomic E-state index is 0.0312. The molecule has 3 nitrogen and oxygen atoms in total. The van der Waals surface area contributed by atoms with Gasteiger partial charge in [-0.2, -0.15) is 0 Å². The van der Waals surface area contributed by atoms with E-state index in [4.69, 9.17) is 5.73 Å². The van der Waals surface area contributed by atoms with Crippen molar-refractivity contribution in [1.29, 1.82) is 0 Å². The number of rotatable bonds is 4. The van der Waals surface area contributed by atoms with E-state index in [1.807, 2.05) is 30.3 Å². The van der Waals surface area contributed by atoms with Crippen LogP contribution in [-0.4, -0.2) is 24.9 Å². The highest BCUT2D eigenvalue weighted by atomic mass is 32.2. The maximum absolute atomic E-state index is 11.9. The fraction of sp³-hybridized carbons (Fsp3) is 0.188. The van der Waals surface area contributed by atoms with Crippen molar-refractivity contribution in [1.82, 2.24) is 4.90 Å². The van der Waals surface area contributed by atoms with Gasteiger partial charge in [-0.25, -0.2) is 0 Å². The molecule has 0 radical (unpaired) electrons. The lowest BCUT2D eigenvalue weighted by atomic mass is 10.2. The monoisotopic (exact) mass is 286 g/mol. The summed E-state index contributed by atoms with van der Waals surface area (Å²) in [4.78, 5) is 14.4. The number of benzene rings is 2. The van der Waals surface area contributed by atoms with E-state index in [0.717, 1.165) is 10.6 Å². The van der Waals surface area contributed by atoms with E-state index in [2.05, 4.69) is 12.1 Å². The zero-order valence-corrected chi connectivity index (χ0v) is 12.5. The molecule has 0 bridgehead atoms. The molecule has 4 heteroatoms. The molecular weight excluding hydrogens is 268 g/mol. The summed E-state index contributed by atoms with van der Waals surface area (Å²) in [6, 6.07) is 15.7. The molecule has 0 aromatic heterocycles. The van der Waals surface area contributed by atoms with Crippen molar-refractivity contribution in [2.45, 2.75) is 10.6 Å². The zero-order chi connectivity index (χ0) is 14.5. The Morgan fingerprint density at radius 1 is 1.15 bits per heavy atom. The van der Waals surface area contributed by atoms with Crippen molar-refractivity contribution in [2.75, 3.05) is 19.8 Å². The van der Waals surface area contributed by atoms with Crippen LogP contribution in [0.15, 0.2) is 53.4 Å². The van der Waals surface area contributed by atoms with Gasteiger partial charge >= 0.3 is 0 Å². The third-order valence-corrected chi connectivity index (χ3v) is 4.06. The van der Waals surface area contributed by atoms with Crippen LogP contribution in [0.4, 0.5) is 5.69 Å². The van der Waals surface area contributed by atoms with Gasteiger partial charge in [-0.15, -0.1) is 11.8 Å². The summed E-state index contributed by atoms with van der Waals surface area (Å²) in [5, 5.41) is 0. The van der Waals surface area contributed by atoms with Gasteiger partial charge in [0.05, 0.1) is 0 Å². The number of thioether (sulfide) groups is 1. The second-order valence-electron chi connectivity index (χ2n) is 4.73. The van der Waals surface area contributed by atoms with Gasteiger partial charge in [0.25, 0.3) is 5.91 Å². The van der Waals surface area contributed by atoms with Crippen molar-refractivity contribution in [3.8, 4) is 0 Å². The number of amides is 1. The average molecular weight is 286 g/mol. The fourth-order valence-corrected chi connectivity index (χ4v) is 2.71. The quantitative estimate of drug-likeness (QED) is 0.693. The Balaban J connectivity index is 2.08. The van der Waals surface area contributed by atoms with Crippen LogP contribution < -0.4 is 5.73 Å². The number of nitrogens with two attached hydrogens (primary N) is 1. The third-order valence-electron chi connectivity index (χ3n) is 2.90. The smallest absolute Gasteiger partial charge is 0.253 e. The van der Waals surface area contributed by atoms with Crippen molar-refractivity contribution < 1.29 is 4.79 Å². The Labute approximate surface area is 123 Å². The summed E-state index contributed by atoms with van der Waals surface area (Å²) < 4.78 is 0. The number of nitrogens with zero attached hydrogens (tertiary/aromatic N) is 1. The maximum atomic E-state index is 11.9. The second-order valence-corrected chi connectivity index (χ2v) is 5.74. The van der Waals surface area contributed by atoms with E-state index in [1.165, 1.54) is 5.56 Å². The lowest BCUT2D eigenvalue weighted by Gasteiger charge is -2.12. The molecule has 0 fully saturated rings. The molecule has 104 valence electrons. The van der Waals surface area contributed by atoms with Crippen LogP contribution in [0.1, 0.15) is 15.9 Å². The highest BCUT2D eigenvalue weighted by molar-refractivity contribution is 7.98. The molecule has 2 aromatic carbocycles. The first-order valence-electron chi connectivity index (χ1n) is 6.36. The molecule has 2 N–H and O–H groups in total. The van der Waals surface area contributed by atoms with Crippen LogP contribution in [0.2, 0.25) is 0 Å². The molecule has 2 rings (SSSR count). The molecule has 0 unspecified atom stereocenters. The summed E-state index contributed by atoms with van der Waals surface area (Å²) in [5.74, 6) is 0.836. The van der Waals surface area contributed by atoms with Crippen LogP contribution >= 0.6 is 11.8 Å². The van der Waals surface area contributed by atoms with Gasteiger partial charge in [-0.05, 0) is 23.8 Å². The van der Waals surface area contributed by atoms with Crippen LogP contribution in [0.25, 0.3) is 0 Å².